The first-order chi connectivity index (χ1) is 12.4. The van der Waals surface area contributed by atoms with Gasteiger partial charge in [-0.25, -0.2) is 0 Å². The van der Waals surface area contributed by atoms with Crippen molar-refractivity contribution in [3.63, 3.8) is 0 Å². The third-order valence-corrected chi connectivity index (χ3v) is 4.64. The molecule has 2 heterocycles. The molecule has 0 spiro atoms. The summed E-state index contributed by atoms with van der Waals surface area (Å²) in [5, 5.41) is 10.7. The number of rotatable bonds is 4. The maximum Gasteiger partial charge on any atom is 0.433 e. The van der Waals surface area contributed by atoms with E-state index in [2.05, 4.69) is 4.99 Å². The van der Waals surface area contributed by atoms with Gasteiger partial charge in [0.25, 0.3) is 0 Å². The second-order valence-corrected chi connectivity index (χ2v) is 6.29. The fourth-order valence-corrected chi connectivity index (χ4v) is 3.52. The second-order valence-electron chi connectivity index (χ2n) is 5.28. The highest BCUT2D eigenvalue weighted by Gasteiger charge is 2.18. The highest BCUT2D eigenvalue weighted by molar-refractivity contribution is 7.16. The first-order valence-corrected chi connectivity index (χ1v) is 8.21. The number of furan rings is 1. The van der Waals surface area contributed by atoms with Gasteiger partial charge in [-0.05, 0) is 24.6 Å². The van der Waals surface area contributed by atoms with E-state index in [4.69, 9.17) is 9.15 Å². The molecule has 3 rings (SSSR count). The van der Waals surface area contributed by atoms with Crippen LogP contribution in [0.4, 0.5) is 5.88 Å². The Morgan fingerprint density at radius 1 is 1.35 bits per heavy atom. The van der Waals surface area contributed by atoms with E-state index in [1.54, 1.807) is 4.57 Å². The van der Waals surface area contributed by atoms with Crippen LogP contribution in [0.5, 0.6) is 0 Å². The lowest BCUT2D eigenvalue weighted by atomic mass is 10.2. The Labute approximate surface area is 150 Å². The van der Waals surface area contributed by atoms with Crippen LogP contribution < -0.4 is 4.80 Å². The summed E-state index contributed by atoms with van der Waals surface area (Å²) < 4.78 is 12.0. The van der Waals surface area contributed by atoms with Crippen LogP contribution >= 0.6 is 11.3 Å². The number of carbonyl (C=O) groups excluding carboxylic acids is 2. The van der Waals surface area contributed by atoms with Gasteiger partial charge in [-0.1, -0.05) is 23.5 Å². The molecule has 0 fully saturated rings. The summed E-state index contributed by atoms with van der Waals surface area (Å²) in [6, 6.07) is 7.86. The van der Waals surface area contributed by atoms with Crippen LogP contribution in [0, 0.1) is 17.0 Å². The number of aromatic nitrogens is 1. The topological polar surface area (TPSA) is 117 Å². The van der Waals surface area contributed by atoms with E-state index in [0.717, 1.165) is 21.8 Å². The quantitative estimate of drug-likeness (QED) is 0.393. The summed E-state index contributed by atoms with van der Waals surface area (Å²) >= 11 is 1.22. The molecule has 0 saturated carbocycles. The number of nitro groups is 1. The summed E-state index contributed by atoms with van der Waals surface area (Å²) in [5.41, 5.74) is 1.67. The minimum absolute atomic E-state index is 0.119. The van der Waals surface area contributed by atoms with E-state index in [1.807, 2.05) is 25.1 Å². The van der Waals surface area contributed by atoms with Gasteiger partial charge in [0.15, 0.2) is 4.80 Å². The summed E-state index contributed by atoms with van der Waals surface area (Å²) in [6.07, 6.45) is 0. The van der Waals surface area contributed by atoms with Crippen molar-refractivity contribution in [1.82, 2.24) is 4.57 Å². The number of benzene rings is 1. The third-order valence-electron chi connectivity index (χ3n) is 3.60. The van der Waals surface area contributed by atoms with E-state index in [9.17, 15) is 19.7 Å². The Morgan fingerprint density at radius 3 is 2.77 bits per heavy atom. The van der Waals surface area contributed by atoms with E-state index in [0.29, 0.717) is 0 Å². The molecule has 0 saturated heterocycles. The highest BCUT2D eigenvalue weighted by Crippen LogP contribution is 2.21. The van der Waals surface area contributed by atoms with Crippen molar-refractivity contribution in [3.8, 4) is 0 Å². The van der Waals surface area contributed by atoms with Crippen LogP contribution in [0.1, 0.15) is 16.1 Å². The molecule has 1 aromatic carbocycles. The number of fused-ring (bicyclic) bond motifs is 1. The number of hydrogen-bond acceptors (Lipinski definition) is 7. The van der Waals surface area contributed by atoms with E-state index in [1.165, 1.54) is 24.5 Å². The fourth-order valence-electron chi connectivity index (χ4n) is 2.42. The minimum Gasteiger partial charge on any atom is -0.468 e. The highest BCUT2D eigenvalue weighted by atomic mass is 32.1. The average molecular weight is 375 g/mol. The summed E-state index contributed by atoms with van der Waals surface area (Å²) in [4.78, 5) is 38.3. The van der Waals surface area contributed by atoms with Crippen LogP contribution in [0.15, 0.2) is 39.7 Å². The van der Waals surface area contributed by atoms with Crippen LogP contribution in [0.3, 0.4) is 0 Å². The van der Waals surface area contributed by atoms with Crippen LogP contribution in [-0.4, -0.2) is 28.5 Å². The standard InChI is InChI=1S/C16H13N3O6S/c1-9-4-3-5-11-14(9)18(8-13(20)24-2)16(26-11)17-15(21)10-6-7-12(25-10)19(22)23/h3-7H,8H2,1-2H3. The number of nitrogens with zero attached hydrogens (tertiary/aromatic N) is 3. The molecule has 1 amide bonds. The van der Waals surface area contributed by atoms with Gasteiger partial charge >= 0.3 is 17.8 Å². The lowest BCUT2D eigenvalue weighted by Crippen LogP contribution is -2.22. The molecule has 134 valence electrons. The average Bonchev–Trinajstić information content (AvgIpc) is 3.21. The molecule has 0 unspecified atom stereocenters. The molecular weight excluding hydrogens is 362 g/mol. The number of hydrogen-bond donors (Lipinski definition) is 0. The Balaban J connectivity index is 2.13. The first-order valence-electron chi connectivity index (χ1n) is 7.39. The maximum absolute atomic E-state index is 12.3. The summed E-state index contributed by atoms with van der Waals surface area (Å²) in [6.45, 7) is 1.76. The number of aryl methyl sites for hydroxylation is 1. The van der Waals surface area contributed by atoms with E-state index < -0.39 is 22.7 Å². The van der Waals surface area contributed by atoms with E-state index in [-0.39, 0.29) is 17.1 Å². The van der Waals surface area contributed by atoms with Crippen LogP contribution in [-0.2, 0) is 16.1 Å². The SMILES string of the molecule is COC(=O)Cn1c(=NC(=O)c2ccc([N+](=O)[O-])o2)sc2cccc(C)c21. The van der Waals surface area contributed by atoms with Crippen molar-refractivity contribution in [3.05, 3.63) is 56.6 Å². The summed E-state index contributed by atoms with van der Waals surface area (Å²) in [7, 11) is 1.27. The third kappa shape index (κ3) is 3.26. The Bertz CT molecular complexity index is 1090. The van der Waals surface area contributed by atoms with Crippen molar-refractivity contribution in [2.75, 3.05) is 7.11 Å². The Kier molecular flexibility index (Phi) is 4.67. The molecule has 10 heteroatoms. The smallest absolute Gasteiger partial charge is 0.433 e. The molecule has 0 atom stereocenters. The van der Waals surface area contributed by atoms with Gasteiger partial charge in [-0.3, -0.25) is 19.7 Å². The van der Waals surface area contributed by atoms with Crippen LogP contribution in [0.2, 0.25) is 0 Å². The molecule has 3 aromatic rings. The zero-order chi connectivity index (χ0) is 18.8. The Morgan fingerprint density at radius 2 is 2.12 bits per heavy atom. The zero-order valence-corrected chi connectivity index (χ0v) is 14.6. The number of para-hydroxylation sites is 1. The number of methoxy groups -OCH3 is 1. The predicted octanol–water partition coefficient (Wildman–Crippen LogP) is 2.43. The molecule has 0 aliphatic rings. The molecule has 0 N–H and O–H groups in total. The monoisotopic (exact) mass is 375 g/mol. The largest absolute Gasteiger partial charge is 0.468 e. The molecule has 0 bridgehead atoms. The second kappa shape index (κ2) is 6.92. The lowest BCUT2D eigenvalue weighted by Gasteiger charge is -2.05. The van der Waals surface area contributed by atoms with Gasteiger partial charge < -0.3 is 13.7 Å². The molecule has 9 nitrogen and oxygen atoms in total. The summed E-state index contributed by atoms with van der Waals surface area (Å²) in [5.74, 6) is -2.06. The number of thiazole rings is 1. The van der Waals surface area contributed by atoms with Gasteiger partial charge in [-0.15, -0.1) is 0 Å². The van der Waals surface area contributed by atoms with Gasteiger partial charge in [-0.2, -0.15) is 4.99 Å². The Hall–Kier alpha value is -3.27. The van der Waals surface area contributed by atoms with Crippen molar-refractivity contribution in [1.29, 1.82) is 0 Å². The molecule has 26 heavy (non-hydrogen) atoms. The minimum atomic E-state index is -0.777. The molecule has 2 aromatic heterocycles. The van der Waals surface area contributed by atoms with Gasteiger partial charge in [0.1, 0.15) is 11.5 Å². The number of ether oxygens (including phenoxy) is 1. The van der Waals surface area contributed by atoms with Gasteiger partial charge in [0.05, 0.1) is 23.4 Å². The molecule has 0 radical (unpaired) electrons. The zero-order valence-electron chi connectivity index (χ0n) is 13.8. The first kappa shape index (κ1) is 17.5. The predicted molar refractivity (Wildman–Crippen MR) is 91.8 cm³/mol. The number of amides is 1. The molecule has 0 aliphatic heterocycles. The van der Waals surface area contributed by atoms with Gasteiger partial charge in [0, 0.05) is 0 Å². The van der Waals surface area contributed by atoms with Gasteiger partial charge in [0.2, 0.25) is 5.76 Å². The van der Waals surface area contributed by atoms with Crippen molar-refractivity contribution < 1.29 is 23.7 Å². The lowest BCUT2D eigenvalue weighted by molar-refractivity contribution is -0.402. The van der Waals surface area contributed by atoms with E-state index >= 15 is 0 Å². The number of esters is 1. The molecular formula is C16H13N3O6S. The number of carbonyl (C=O) groups is 2. The fraction of sp³-hybridized carbons (Fsp3) is 0.188. The van der Waals surface area contributed by atoms with Crippen molar-refractivity contribution in [2.45, 2.75) is 13.5 Å². The molecule has 0 aliphatic carbocycles. The van der Waals surface area contributed by atoms with Crippen LogP contribution in [0.25, 0.3) is 10.2 Å². The maximum atomic E-state index is 12.3. The van der Waals surface area contributed by atoms with Crippen molar-refractivity contribution in [2.24, 2.45) is 4.99 Å². The normalized spacial score (nSPS) is 11.7. The van der Waals surface area contributed by atoms with Crippen molar-refractivity contribution >= 4 is 39.3 Å².